The monoisotopic (exact) mass is 445 g/mol. The van der Waals surface area contributed by atoms with Gasteiger partial charge in [-0.25, -0.2) is 0 Å². The van der Waals surface area contributed by atoms with Gasteiger partial charge in [-0.3, -0.25) is 9.59 Å². The first-order chi connectivity index (χ1) is 15.7. The van der Waals surface area contributed by atoms with Crippen LogP contribution in [-0.2, 0) is 10.2 Å². The van der Waals surface area contributed by atoms with Gasteiger partial charge in [0.15, 0.2) is 11.9 Å². The summed E-state index contributed by atoms with van der Waals surface area (Å²) in [6.45, 7) is 8.29. The number of benzene rings is 3. The highest BCUT2D eigenvalue weighted by atomic mass is 16.5. The van der Waals surface area contributed by atoms with E-state index in [1.807, 2.05) is 31.2 Å². The largest absolute Gasteiger partial charge is 0.497 e. The summed E-state index contributed by atoms with van der Waals surface area (Å²) in [7, 11) is 1.60. The van der Waals surface area contributed by atoms with E-state index in [9.17, 15) is 9.59 Å². The lowest BCUT2D eigenvalue weighted by Gasteiger charge is -2.19. The van der Waals surface area contributed by atoms with Crippen molar-refractivity contribution in [1.29, 1.82) is 0 Å². The van der Waals surface area contributed by atoms with Gasteiger partial charge in [-0.15, -0.1) is 0 Å². The van der Waals surface area contributed by atoms with Crippen molar-refractivity contribution in [2.45, 2.75) is 45.6 Å². The molecule has 3 aromatic carbocycles. The number of ether oxygens (including phenoxy) is 2. The van der Waals surface area contributed by atoms with Gasteiger partial charge < -0.3 is 14.8 Å². The summed E-state index contributed by atoms with van der Waals surface area (Å²) in [5.41, 5.74) is 2.87. The zero-order valence-electron chi connectivity index (χ0n) is 19.8. The number of rotatable bonds is 8. The minimum atomic E-state index is -0.664. The van der Waals surface area contributed by atoms with E-state index in [-0.39, 0.29) is 17.1 Å². The minimum Gasteiger partial charge on any atom is -0.497 e. The lowest BCUT2D eigenvalue weighted by atomic mass is 9.86. The van der Waals surface area contributed by atoms with Crippen LogP contribution < -0.4 is 14.8 Å². The molecule has 0 bridgehead atoms. The maximum atomic E-state index is 13.0. The molecular weight excluding hydrogens is 414 g/mol. The molecule has 5 nitrogen and oxygen atoms in total. The summed E-state index contributed by atoms with van der Waals surface area (Å²) in [4.78, 5) is 25.8. The van der Waals surface area contributed by atoms with Gasteiger partial charge in [0, 0.05) is 16.8 Å². The van der Waals surface area contributed by atoms with E-state index in [4.69, 9.17) is 9.47 Å². The molecule has 3 aromatic rings. The van der Waals surface area contributed by atoms with Crippen LogP contribution in [0.1, 0.15) is 55.6 Å². The maximum absolute atomic E-state index is 13.0. The van der Waals surface area contributed by atoms with Crippen LogP contribution in [0.4, 0.5) is 5.69 Å². The van der Waals surface area contributed by atoms with Crippen LogP contribution in [0.25, 0.3) is 0 Å². The standard InChI is InChI=1S/C28H31NO4/c1-6-25(33-24-16-14-23(32-5)15-17-24)27(31)29-22-9-7-8-20(18-22)26(30)19-10-12-21(13-11-19)28(2,3)4/h7-18,25H,6H2,1-5H3,(H,29,31). The van der Waals surface area contributed by atoms with Crippen molar-refractivity contribution in [1.82, 2.24) is 0 Å². The quantitative estimate of drug-likeness (QED) is 0.431. The molecule has 0 saturated carbocycles. The number of anilines is 1. The number of carbonyl (C=O) groups is 2. The third-order valence-corrected chi connectivity index (χ3v) is 5.41. The Morgan fingerprint density at radius 2 is 1.52 bits per heavy atom. The fraction of sp³-hybridized carbons (Fsp3) is 0.286. The SMILES string of the molecule is CCC(Oc1ccc(OC)cc1)C(=O)Nc1cccc(C(=O)c2ccc(C(C)(C)C)cc2)c1. The van der Waals surface area contributed by atoms with E-state index in [1.165, 1.54) is 5.56 Å². The molecule has 0 fully saturated rings. The number of amides is 1. The maximum Gasteiger partial charge on any atom is 0.265 e. The van der Waals surface area contributed by atoms with E-state index in [0.717, 1.165) is 5.75 Å². The third kappa shape index (κ3) is 6.22. The van der Waals surface area contributed by atoms with Crippen LogP contribution in [0.3, 0.4) is 0 Å². The lowest BCUT2D eigenvalue weighted by Crippen LogP contribution is -2.32. The van der Waals surface area contributed by atoms with Gasteiger partial charge in [0.2, 0.25) is 0 Å². The molecule has 33 heavy (non-hydrogen) atoms. The Balaban J connectivity index is 1.70. The normalized spacial score (nSPS) is 12.0. The first-order valence-electron chi connectivity index (χ1n) is 11.1. The summed E-state index contributed by atoms with van der Waals surface area (Å²) < 4.78 is 11.0. The fourth-order valence-corrected chi connectivity index (χ4v) is 3.39. The molecule has 0 aliphatic rings. The number of hydrogen-bond acceptors (Lipinski definition) is 4. The van der Waals surface area contributed by atoms with E-state index >= 15 is 0 Å². The molecule has 0 aliphatic heterocycles. The third-order valence-electron chi connectivity index (χ3n) is 5.41. The summed E-state index contributed by atoms with van der Waals surface area (Å²) in [5.74, 6) is 0.940. The second-order valence-corrected chi connectivity index (χ2v) is 8.92. The molecule has 1 N–H and O–H groups in total. The predicted molar refractivity (Wildman–Crippen MR) is 131 cm³/mol. The zero-order valence-corrected chi connectivity index (χ0v) is 19.8. The van der Waals surface area contributed by atoms with E-state index in [0.29, 0.717) is 29.0 Å². The summed E-state index contributed by atoms with van der Waals surface area (Å²) in [5, 5.41) is 2.87. The Kier molecular flexibility index (Phi) is 7.54. The van der Waals surface area contributed by atoms with Gasteiger partial charge in [0.05, 0.1) is 7.11 Å². The van der Waals surface area contributed by atoms with Crippen molar-refractivity contribution in [3.63, 3.8) is 0 Å². The molecule has 5 heteroatoms. The average molecular weight is 446 g/mol. The number of nitrogens with one attached hydrogen (secondary N) is 1. The molecule has 0 saturated heterocycles. The van der Waals surface area contributed by atoms with Crippen LogP contribution in [0.2, 0.25) is 0 Å². The second kappa shape index (κ2) is 10.3. The van der Waals surface area contributed by atoms with Crippen molar-refractivity contribution in [3.8, 4) is 11.5 Å². The Morgan fingerprint density at radius 3 is 2.09 bits per heavy atom. The van der Waals surface area contributed by atoms with Crippen LogP contribution in [0, 0.1) is 0 Å². The number of hydrogen-bond donors (Lipinski definition) is 1. The molecule has 0 radical (unpaired) electrons. The molecular formula is C28H31NO4. The van der Waals surface area contributed by atoms with Crippen molar-refractivity contribution in [3.05, 3.63) is 89.5 Å². The summed E-state index contributed by atoms with van der Waals surface area (Å²) >= 11 is 0. The summed E-state index contributed by atoms with van der Waals surface area (Å²) in [6, 6.07) is 21.7. The van der Waals surface area contributed by atoms with Crippen molar-refractivity contribution in [2.75, 3.05) is 12.4 Å². The van der Waals surface area contributed by atoms with Gasteiger partial charge in [0.25, 0.3) is 5.91 Å². The van der Waals surface area contributed by atoms with E-state index in [2.05, 4.69) is 26.1 Å². The fourth-order valence-electron chi connectivity index (χ4n) is 3.39. The van der Waals surface area contributed by atoms with Crippen LogP contribution in [0.5, 0.6) is 11.5 Å². The van der Waals surface area contributed by atoms with Gasteiger partial charge in [-0.05, 0) is 53.8 Å². The van der Waals surface area contributed by atoms with Crippen molar-refractivity contribution >= 4 is 17.4 Å². The molecule has 1 atom stereocenters. The number of carbonyl (C=O) groups excluding carboxylic acids is 2. The Hall–Kier alpha value is -3.60. The topological polar surface area (TPSA) is 64.6 Å². The second-order valence-electron chi connectivity index (χ2n) is 8.92. The predicted octanol–water partition coefficient (Wildman–Crippen LogP) is 6.02. The molecule has 0 aromatic heterocycles. The first-order valence-corrected chi connectivity index (χ1v) is 11.1. The number of methoxy groups -OCH3 is 1. The molecule has 1 unspecified atom stereocenters. The van der Waals surface area contributed by atoms with Gasteiger partial charge in [-0.2, -0.15) is 0 Å². The van der Waals surface area contributed by atoms with E-state index in [1.54, 1.807) is 55.6 Å². The molecule has 172 valence electrons. The van der Waals surface area contributed by atoms with Crippen molar-refractivity contribution in [2.24, 2.45) is 0 Å². The molecule has 1 amide bonds. The zero-order chi connectivity index (χ0) is 24.0. The van der Waals surface area contributed by atoms with Gasteiger partial charge in [-0.1, -0.05) is 64.1 Å². The Labute approximate surface area is 195 Å². The average Bonchev–Trinajstić information content (AvgIpc) is 2.82. The highest BCUT2D eigenvalue weighted by Crippen LogP contribution is 2.24. The smallest absolute Gasteiger partial charge is 0.265 e. The van der Waals surface area contributed by atoms with Gasteiger partial charge in [0.1, 0.15) is 11.5 Å². The molecule has 3 rings (SSSR count). The van der Waals surface area contributed by atoms with Crippen LogP contribution in [-0.4, -0.2) is 24.9 Å². The van der Waals surface area contributed by atoms with E-state index < -0.39 is 6.10 Å². The first kappa shape index (κ1) is 24.1. The number of ketones is 1. The molecule has 0 heterocycles. The van der Waals surface area contributed by atoms with Crippen LogP contribution in [0.15, 0.2) is 72.8 Å². The minimum absolute atomic E-state index is 0.0233. The summed E-state index contributed by atoms with van der Waals surface area (Å²) in [6.07, 6.45) is -0.168. The molecule has 0 spiro atoms. The highest BCUT2D eigenvalue weighted by molar-refractivity contribution is 6.09. The Morgan fingerprint density at radius 1 is 0.879 bits per heavy atom. The Bertz CT molecular complexity index is 1100. The van der Waals surface area contributed by atoms with Gasteiger partial charge >= 0.3 is 0 Å². The lowest BCUT2D eigenvalue weighted by molar-refractivity contribution is -0.122. The van der Waals surface area contributed by atoms with Crippen molar-refractivity contribution < 1.29 is 19.1 Å². The molecule has 0 aliphatic carbocycles. The highest BCUT2D eigenvalue weighted by Gasteiger charge is 2.20. The van der Waals surface area contributed by atoms with Crippen LogP contribution >= 0.6 is 0 Å².